The number of aromatic nitrogens is 2. The van der Waals surface area contributed by atoms with Crippen molar-refractivity contribution >= 4 is 34.0 Å². The van der Waals surface area contributed by atoms with Crippen molar-refractivity contribution in [1.29, 1.82) is 0 Å². The Bertz CT molecular complexity index is 874. The molecule has 1 aromatic carbocycles. The number of carbonyl (C=O) groups excluding carboxylic acids is 1. The largest absolute Gasteiger partial charge is 0.350 e. The summed E-state index contributed by atoms with van der Waals surface area (Å²) in [4.78, 5) is 17.3. The molecule has 132 valence electrons. The van der Waals surface area contributed by atoms with Gasteiger partial charge in [-0.05, 0) is 31.0 Å². The number of nitrogens with zero attached hydrogens (tertiary/aromatic N) is 2. The highest BCUT2D eigenvalue weighted by molar-refractivity contribution is 9.10. The van der Waals surface area contributed by atoms with E-state index in [0.717, 1.165) is 32.9 Å². The first-order valence-electron chi connectivity index (χ1n) is 8.28. The lowest BCUT2D eigenvalue weighted by atomic mass is 9.93. The molecule has 0 unspecified atom stereocenters. The van der Waals surface area contributed by atoms with Gasteiger partial charge in [0.1, 0.15) is 0 Å². The molecule has 0 saturated carbocycles. The third-order valence-corrected chi connectivity index (χ3v) is 5.55. The molecule has 2 aromatic rings. The van der Waals surface area contributed by atoms with Crippen molar-refractivity contribution in [3.8, 4) is 0 Å². The third kappa shape index (κ3) is 3.49. The van der Waals surface area contributed by atoms with Gasteiger partial charge in [0.25, 0.3) is 5.91 Å². The minimum Gasteiger partial charge on any atom is -0.350 e. The summed E-state index contributed by atoms with van der Waals surface area (Å²) in [7, 11) is 0. The van der Waals surface area contributed by atoms with Gasteiger partial charge in [-0.1, -0.05) is 42.8 Å². The van der Waals surface area contributed by atoms with E-state index in [1.165, 1.54) is 0 Å². The van der Waals surface area contributed by atoms with Gasteiger partial charge in [-0.3, -0.25) is 9.36 Å². The predicted octanol–water partition coefficient (Wildman–Crippen LogP) is 4.21. The lowest BCUT2D eigenvalue weighted by Crippen LogP contribution is -2.30. The van der Waals surface area contributed by atoms with Crippen LogP contribution in [0.15, 0.2) is 28.5 Å². The van der Waals surface area contributed by atoms with E-state index in [-0.39, 0.29) is 11.3 Å². The average Bonchev–Trinajstić information content (AvgIpc) is 2.96. The van der Waals surface area contributed by atoms with Crippen LogP contribution in [-0.2, 0) is 5.41 Å². The molecule has 1 aliphatic heterocycles. The minimum absolute atomic E-state index is 0.0193. The predicted molar refractivity (Wildman–Crippen MR) is 105 cm³/mol. The Morgan fingerprint density at radius 1 is 1.32 bits per heavy atom. The Hall–Kier alpha value is -2.08. The number of aryl methyl sites for hydroxylation is 1. The van der Waals surface area contributed by atoms with Crippen LogP contribution in [0.2, 0.25) is 0 Å². The van der Waals surface area contributed by atoms with E-state index >= 15 is 0 Å². The van der Waals surface area contributed by atoms with E-state index < -0.39 is 0 Å². The Balaban J connectivity index is 1.83. The molecule has 5 nitrogen and oxygen atoms in total. The molecule has 25 heavy (non-hydrogen) atoms. The van der Waals surface area contributed by atoms with E-state index in [1.807, 2.05) is 42.9 Å². The molecule has 0 fully saturated rings. The number of imidazole rings is 1. The Labute approximate surface area is 156 Å². The number of amides is 1. The van der Waals surface area contributed by atoms with Crippen molar-refractivity contribution in [3.63, 3.8) is 0 Å². The quantitative estimate of drug-likeness (QED) is 0.790. The van der Waals surface area contributed by atoms with Gasteiger partial charge in [-0.2, -0.15) is 0 Å². The van der Waals surface area contributed by atoms with Crippen LogP contribution in [0.25, 0.3) is 6.20 Å². The van der Waals surface area contributed by atoms with Gasteiger partial charge in [0, 0.05) is 27.8 Å². The molecule has 3 rings (SSSR count). The van der Waals surface area contributed by atoms with Gasteiger partial charge in [0.05, 0.1) is 17.9 Å². The number of anilines is 1. The summed E-state index contributed by atoms with van der Waals surface area (Å²) in [5.74, 6) is 0.697. The second-order valence-corrected chi connectivity index (χ2v) is 8.23. The number of nitrogens with one attached hydrogen (secondary N) is 2. The number of benzene rings is 1. The van der Waals surface area contributed by atoms with Crippen molar-refractivity contribution in [2.75, 3.05) is 11.9 Å². The molecule has 6 heteroatoms. The molecule has 0 aliphatic carbocycles. The Kier molecular flexibility index (Phi) is 4.49. The Morgan fingerprint density at radius 2 is 2.04 bits per heavy atom. The second kappa shape index (κ2) is 6.33. The van der Waals surface area contributed by atoms with E-state index in [1.54, 1.807) is 0 Å². The molecule has 1 aromatic heterocycles. The van der Waals surface area contributed by atoms with Crippen LogP contribution in [0.1, 0.15) is 48.0 Å². The second-order valence-electron chi connectivity index (χ2n) is 7.44. The molecule has 2 N–H and O–H groups in total. The van der Waals surface area contributed by atoms with Gasteiger partial charge >= 0.3 is 0 Å². The molecule has 0 atom stereocenters. The van der Waals surface area contributed by atoms with Crippen LogP contribution < -0.4 is 10.6 Å². The molecule has 1 aliphatic rings. The number of fused-ring (bicyclic) bond motifs is 1. The summed E-state index contributed by atoms with van der Waals surface area (Å²) < 4.78 is 2.90. The lowest BCUT2D eigenvalue weighted by molar-refractivity contribution is 0.0965. The topological polar surface area (TPSA) is 59.0 Å². The molecule has 0 radical (unpaired) electrons. The molecule has 2 heterocycles. The van der Waals surface area contributed by atoms with Gasteiger partial charge in [0.15, 0.2) is 0 Å². The zero-order valence-electron chi connectivity index (χ0n) is 15.2. The van der Waals surface area contributed by atoms with Crippen molar-refractivity contribution < 1.29 is 4.79 Å². The fourth-order valence-electron chi connectivity index (χ4n) is 2.73. The molecule has 0 bridgehead atoms. The minimum atomic E-state index is -0.106. The van der Waals surface area contributed by atoms with E-state index in [9.17, 15) is 4.79 Å². The van der Waals surface area contributed by atoms with Crippen molar-refractivity contribution in [2.24, 2.45) is 0 Å². The highest BCUT2D eigenvalue weighted by atomic mass is 79.9. The summed E-state index contributed by atoms with van der Waals surface area (Å²) in [6.45, 7) is 10.9. The van der Waals surface area contributed by atoms with Crippen molar-refractivity contribution in [1.82, 2.24) is 14.9 Å². The van der Waals surface area contributed by atoms with Crippen molar-refractivity contribution in [3.05, 3.63) is 50.9 Å². The summed E-state index contributed by atoms with van der Waals surface area (Å²) in [6.07, 6.45) is 3.92. The number of carbonyl (C=O) groups is 1. The van der Waals surface area contributed by atoms with Gasteiger partial charge < -0.3 is 10.6 Å². The third-order valence-electron chi connectivity index (χ3n) is 4.33. The fraction of sp³-hybridized carbons (Fsp3) is 0.368. The van der Waals surface area contributed by atoms with Crippen molar-refractivity contribution in [2.45, 2.75) is 40.0 Å². The maximum Gasteiger partial charge on any atom is 0.255 e. The van der Waals surface area contributed by atoms with E-state index in [2.05, 4.69) is 52.3 Å². The zero-order valence-corrected chi connectivity index (χ0v) is 16.8. The highest BCUT2D eigenvalue weighted by Crippen LogP contribution is 2.26. The molecule has 0 spiro atoms. The fourth-order valence-corrected chi connectivity index (χ4v) is 3.07. The van der Waals surface area contributed by atoms with Gasteiger partial charge in [-0.15, -0.1) is 0 Å². The zero-order chi connectivity index (χ0) is 18.4. The van der Waals surface area contributed by atoms with Crippen LogP contribution in [0.5, 0.6) is 0 Å². The molecular weight excluding hydrogens is 380 g/mol. The number of rotatable bonds is 2. The standard InChI is InChI=1S/C19H23BrN4O/c1-11-6-7-14(12(2)16(11)20)17(25)22-13-8-21-18-23-15(19(3,4)5)10-24(18)9-13/h6-7,9-10H,8H2,1-5H3,(H,21,23)(H,22,25). The monoisotopic (exact) mass is 402 g/mol. The van der Waals surface area contributed by atoms with E-state index in [4.69, 9.17) is 0 Å². The normalized spacial score (nSPS) is 13.8. The first kappa shape index (κ1) is 17.7. The van der Waals surface area contributed by atoms with Crippen LogP contribution in [0.4, 0.5) is 5.95 Å². The smallest absolute Gasteiger partial charge is 0.255 e. The maximum absolute atomic E-state index is 12.6. The van der Waals surface area contributed by atoms with Crippen LogP contribution in [-0.4, -0.2) is 22.0 Å². The van der Waals surface area contributed by atoms with Crippen LogP contribution in [0.3, 0.4) is 0 Å². The van der Waals surface area contributed by atoms with Gasteiger partial charge in [0.2, 0.25) is 5.95 Å². The summed E-state index contributed by atoms with van der Waals surface area (Å²) in [6, 6.07) is 3.81. The molecule has 0 saturated heterocycles. The summed E-state index contributed by atoms with van der Waals surface area (Å²) in [5, 5.41) is 6.26. The summed E-state index contributed by atoms with van der Waals surface area (Å²) >= 11 is 3.55. The lowest BCUT2D eigenvalue weighted by Gasteiger charge is -2.18. The number of hydrogen-bond acceptors (Lipinski definition) is 3. The van der Waals surface area contributed by atoms with E-state index in [0.29, 0.717) is 12.1 Å². The molecule has 1 amide bonds. The first-order valence-corrected chi connectivity index (χ1v) is 9.07. The van der Waals surface area contributed by atoms with Crippen LogP contribution >= 0.6 is 15.9 Å². The number of hydrogen-bond donors (Lipinski definition) is 2. The number of halogens is 1. The van der Waals surface area contributed by atoms with Crippen LogP contribution in [0, 0.1) is 13.8 Å². The highest BCUT2D eigenvalue weighted by Gasteiger charge is 2.22. The molecular formula is C19H23BrN4O. The SMILES string of the molecule is Cc1ccc(C(=O)NC2=Cn3cc(C(C)(C)C)nc3NC2)c(C)c1Br. The Morgan fingerprint density at radius 3 is 2.72 bits per heavy atom. The average molecular weight is 403 g/mol. The van der Waals surface area contributed by atoms with Gasteiger partial charge in [-0.25, -0.2) is 4.98 Å². The maximum atomic E-state index is 12.6. The summed E-state index contributed by atoms with van der Waals surface area (Å²) in [5.41, 5.74) is 4.54. The first-order chi connectivity index (χ1) is 11.7.